The molecule has 26 heavy (non-hydrogen) atoms. The van der Waals surface area contributed by atoms with Crippen LogP contribution in [-0.2, 0) is 7.05 Å². The molecule has 7 nitrogen and oxygen atoms in total. The largest absolute Gasteiger partial charge is 0.494 e. The molecule has 2 aromatic carbocycles. The summed E-state index contributed by atoms with van der Waals surface area (Å²) in [6.07, 6.45) is 0. The summed E-state index contributed by atoms with van der Waals surface area (Å²) < 4.78 is 7.21. The lowest BCUT2D eigenvalue weighted by Crippen LogP contribution is -2.16. The van der Waals surface area contributed by atoms with Gasteiger partial charge in [0.15, 0.2) is 0 Å². The number of hydrogen-bond donors (Lipinski definition) is 1. The van der Waals surface area contributed by atoms with Gasteiger partial charge in [0.1, 0.15) is 11.3 Å². The van der Waals surface area contributed by atoms with Crippen LogP contribution in [0.5, 0.6) is 5.75 Å². The molecule has 0 aliphatic carbocycles. The average molecular weight is 347 g/mol. The number of rotatable bonds is 3. The Morgan fingerprint density at radius 2 is 1.77 bits per heavy atom. The fourth-order valence-corrected chi connectivity index (χ4v) is 3.00. The third-order valence-electron chi connectivity index (χ3n) is 4.34. The summed E-state index contributed by atoms with van der Waals surface area (Å²) in [7, 11) is 3.44. The highest BCUT2D eigenvalue weighted by molar-refractivity contribution is 5.87. The highest BCUT2D eigenvalue weighted by Crippen LogP contribution is 2.27. The van der Waals surface area contributed by atoms with E-state index in [1.807, 2.05) is 54.9 Å². The second-order valence-corrected chi connectivity index (χ2v) is 5.93. The molecule has 0 saturated heterocycles. The Kier molecular flexibility index (Phi) is 3.76. The van der Waals surface area contributed by atoms with Gasteiger partial charge in [0.2, 0.25) is 11.9 Å². The number of fused-ring (bicyclic) bond motifs is 2. The van der Waals surface area contributed by atoms with Gasteiger partial charge in [-0.3, -0.25) is 10.1 Å². The topological polar surface area (TPSA) is 81.9 Å². The Hall–Kier alpha value is -3.48. The molecule has 0 amide bonds. The van der Waals surface area contributed by atoms with E-state index in [1.54, 1.807) is 13.2 Å². The van der Waals surface area contributed by atoms with Crippen LogP contribution in [0.2, 0.25) is 0 Å². The second kappa shape index (κ2) is 6.11. The van der Waals surface area contributed by atoms with Gasteiger partial charge in [0.25, 0.3) is 5.56 Å². The van der Waals surface area contributed by atoms with Gasteiger partial charge in [0.05, 0.1) is 23.7 Å². The molecule has 130 valence electrons. The fraction of sp³-hybridized carbons (Fsp3) is 0.158. The van der Waals surface area contributed by atoms with Gasteiger partial charge < -0.3 is 9.30 Å². The Bertz CT molecular complexity index is 1200. The van der Waals surface area contributed by atoms with Crippen molar-refractivity contribution in [2.24, 2.45) is 7.05 Å². The maximum atomic E-state index is 12.3. The first-order valence-electron chi connectivity index (χ1n) is 8.12. The average Bonchev–Trinajstić information content (AvgIpc) is 2.65. The van der Waals surface area contributed by atoms with Gasteiger partial charge in [0, 0.05) is 12.4 Å². The van der Waals surface area contributed by atoms with Crippen molar-refractivity contribution in [2.75, 3.05) is 12.4 Å². The van der Waals surface area contributed by atoms with Crippen molar-refractivity contribution in [3.63, 3.8) is 0 Å². The molecular weight excluding hydrogens is 330 g/mol. The minimum atomic E-state index is -0.295. The summed E-state index contributed by atoms with van der Waals surface area (Å²) in [5.74, 6) is 1.40. The molecule has 0 spiro atoms. The SMILES string of the molecule is COc1cccc2c(C)nc(Nc3nc(=O)c4ccccc4n3C)nc12. The third-order valence-corrected chi connectivity index (χ3v) is 4.34. The Balaban J connectivity index is 1.87. The molecule has 0 saturated carbocycles. The van der Waals surface area contributed by atoms with Crippen molar-refractivity contribution in [1.29, 1.82) is 0 Å². The molecular formula is C19H17N5O2. The lowest BCUT2D eigenvalue weighted by atomic mass is 10.2. The van der Waals surface area contributed by atoms with Crippen LogP contribution in [0.1, 0.15) is 5.69 Å². The minimum Gasteiger partial charge on any atom is -0.494 e. The number of aromatic nitrogens is 4. The zero-order chi connectivity index (χ0) is 18.3. The highest BCUT2D eigenvalue weighted by atomic mass is 16.5. The number of nitrogens with one attached hydrogen (secondary N) is 1. The Morgan fingerprint density at radius 1 is 1.00 bits per heavy atom. The predicted molar refractivity (Wildman–Crippen MR) is 101 cm³/mol. The summed E-state index contributed by atoms with van der Waals surface area (Å²) in [6, 6.07) is 13.0. The highest BCUT2D eigenvalue weighted by Gasteiger charge is 2.12. The molecule has 0 bridgehead atoms. The van der Waals surface area contributed by atoms with Gasteiger partial charge in [-0.05, 0) is 25.1 Å². The molecule has 4 rings (SSSR count). The molecule has 0 aliphatic heterocycles. The number of ether oxygens (including phenoxy) is 1. The molecule has 1 N–H and O–H groups in total. The fourth-order valence-electron chi connectivity index (χ4n) is 3.00. The monoisotopic (exact) mass is 347 g/mol. The Labute approximate surface area is 149 Å². The maximum Gasteiger partial charge on any atom is 0.282 e. The van der Waals surface area contributed by atoms with Crippen molar-refractivity contribution in [1.82, 2.24) is 19.5 Å². The first-order chi connectivity index (χ1) is 12.6. The van der Waals surface area contributed by atoms with Gasteiger partial charge in [-0.25, -0.2) is 9.97 Å². The van der Waals surface area contributed by atoms with E-state index in [0.717, 1.165) is 16.6 Å². The van der Waals surface area contributed by atoms with E-state index in [2.05, 4.69) is 20.3 Å². The van der Waals surface area contributed by atoms with Gasteiger partial charge in [-0.2, -0.15) is 4.98 Å². The number of aryl methyl sites for hydroxylation is 2. The maximum absolute atomic E-state index is 12.3. The van der Waals surface area contributed by atoms with Crippen LogP contribution in [-0.4, -0.2) is 26.6 Å². The van der Waals surface area contributed by atoms with Crippen LogP contribution >= 0.6 is 0 Å². The summed E-state index contributed by atoms with van der Waals surface area (Å²) in [6.45, 7) is 1.90. The van der Waals surface area contributed by atoms with E-state index >= 15 is 0 Å². The van der Waals surface area contributed by atoms with Gasteiger partial charge in [-0.15, -0.1) is 0 Å². The van der Waals surface area contributed by atoms with Gasteiger partial charge in [-0.1, -0.05) is 24.3 Å². The smallest absolute Gasteiger partial charge is 0.282 e. The van der Waals surface area contributed by atoms with E-state index in [1.165, 1.54) is 0 Å². The number of benzene rings is 2. The second-order valence-electron chi connectivity index (χ2n) is 5.93. The van der Waals surface area contributed by atoms with E-state index < -0.39 is 0 Å². The molecule has 0 aliphatic rings. The molecule has 0 fully saturated rings. The van der Waals surface area contributed by atoms with E-state index in [0.29, 0.717) is 28.5 Å². The molecule has 0 atom stereocenters. The molecule has 4 aromatic rings. The number of anilines is 2. The minimum absolute atomic E-state index is 0.295. The molecule has 7 heteroatoms. The first-order valence-corrected chi connectivity index (χ1v) is 8.12. The molecule has 2 aromatic heterocycles. The molecule has 2 heterocycles. The summed E-state index contributed by atoms with van der Waals surface area (Å²) in [4.78, 5) is 25.5. The van der Waals surface area contributed by atoms with Crippen LogP contribution in [0.3, 0.4) is 0 Å². The van der Waals surface area contributed by atoms with Crippen LogP contribution in [0.4, 0.5) is 11.9 Å². The van der Waals surface area contributed by atoms with Crippen molar-refractivity contribution in [3.05, 3.63) is 58.5 Å². The van der Waals surface area contributed by atoms with Crippen LogP contribution in [0, 0.1) is 6.92 Å². The van der Waals surface area contributed by atoms with E-state index in [4.69, 9.17) is 4.74 Å². The van der Waals surface area contributed by atoms with Crippen molar-refractivity contribution >= 4 is 33.7 Å². The lowest BCUT2D eigenvalue weighted by molar-refractivity contribution is 0.419. The third kappa shape index (κ3) is 2.54. The van der Waals surface area contributed by atoms with Crippen molar-refractivity contribution in [3.8, 4) is 5.75 Å². The number of nitrogens with zero attached hydrogens (tertiary/aromatic N) is 4. The van der Waals surface area contributed by atoms with Crippen molar-refractivity contribution in [2.45, 2.75) is 6.92 Å². The number of methoxy groups -OCH3 is 1. The molecule has 0 radical (unpaired) electrons. The Morgan fingerprint density at radius 3 is 2.58 bits per heavy atom. The van der Waals surface area contributed by atoms with Crippen LogP contribution in [0.15, 0.2) is 47.3 Å². The number of para-hydroxylation sites is 2. The predicted octanol–water partition coefficient (Wildman–Crippen LogP) is 2.94. The van der Waals surface area contributed by atoms with E-state index in [9.17, 15) is 4.79 Å². The summed E-state index contributed by atoms with van der Waals surface area (Å²) >= 11 is 0. The van der Waals surface area contributed by atoms with Crippen molar-refractivity contribution < 1.29 is 4.74 Å². The van der Waals surface area contributed by atoms with Crippen LogP contribution in [0.25, 0.3) is 21.8 Å². The lowest BCUT2D eigenvalue weighted by Gasteiger charge is -2.13. The standard InChI is InChI=1S/C19H17N5O2/c1-11-12-8-6-10-15(26-3)16(12)21-18(20-11)23-19-22-17(25)13-7-4-5-9-14(13)24(19)2/h4-10H,1-3H3,(H,20,21,22,23,25). The molecule has 0 unspecified atom stereocenters. The summed E-state index contributed by atoms with van der Waals surface area (Å²) in [5.41, 5.74) is 2.00. The summed E-state index contributed by atoms with van der Waals surface area (Å²) in [5, 5.41) is 4.54. The zero-order valence-corrected chi connectivity index (χ0v) is 14.6. The quantitative estimate of drug-likeness (QED) is 0.614. The number of hydrogen-bond acceptors (Lipinski definition) is 6. The van der Waals surface area contributed by atoms with Gasteiger partial charge >= 0.3 is 0 Å². The zero-order valence-electron chi connectivity index (χ0n) is 14.6. The van der Waals surface area contributed by atoms with E-state index in [-0.39, 0.29) is 5.56 Å². The van der Waals surface area contributed by atoms with Crippen LogP contribution < -0.4 is 15.6 Å². The normalized spacial score (nSPS) is 11.0. The first kappa shape index (κ1) is 16.0.